The zero-order valence-corrected chi connectivity index (χ0v) is 9.83. The van der Waals surface area contributed by atoms with Gasteiger partial charge in [0.2, 0.25) is 5.91 Å². The van der Waals surface area contributed by atoms with Crippen LogP contribution in [0.1, 0.15) is 37.4 Å². The fourth-order valence-corrected chi connectivity index (χ4v) is 1.72. The Morgan fingerprint density at radius 2 is 2.17 bits per heavy atom. The molecular weight excluding hydrogens is 240 g/mol. The van der Waals surface area contributed by atoms with Crippen LogP contribution >= 0.6 is 0 Å². The van der Waals surface area contributed by atoms with Crippen molar-refractivity contribution < 1.29 is 18.7 Å². The molecule has 1 unspecified atom stereocenters. The van der Waals surface area contributed by atoms with E-state index in [2.05, 4.69) is 5.32 Å². The second-order valence-electron chi connectivity index (χ2n) is 4.56. The molecule has 5 heteroatoms. The van der Waals surface area contributed by atoms with Crippen molar-refractivity contribution in [3.8, 4) is 0 Å². The van der Waals surface area contributed by atoms with E-state index in [-0.39, 0.29) is 30.4 Å². The average molecular weight is 255 g/mol. The van der Waals surface area contributed by atoms with Crippen LogP contribution in [0.3, 0.4) is 0 Å². The molecule has 1 amide bonds. The summed E-state index contributed by atoms with van der Waals surface area (Å²) < 4.78 is 26.3. The summed E-state index contributed by atoms with van der Waals surface area (Å²) >= 11 is 0. The molecule has 0 radical (unpaired) electrons. The predicted octanol–water partition coefficient (Wildman–Crippen LogP) is 2.06. The summed E-state index contributed by atoms with van der Waals surface area (Å²) in [7, 11) is 0. The number of benzene rings is 1. The van der Waals surface area contributed by atoms with E-state index in [0.29, 0.717) is 0 Å². The summed E-state index contributed by atoms with van der Waals surface area (Å²) in [5, 5.41) is 12.5. The highest BCUT2D eigenvalue weighted by Crippen LogP contribution is 2.23. The molecule has 1 aliphatic carbocycles. The number of carbonyl (C=O) groups excluding carboxylic acids is 1. The molecule has 2 rings (SSSR count). The molecule has 0 spiro atoms. The molecule has 0 bridgehead atoms. The quantitative estimate of drug-likeness (QED) is 0.846. The molecule has 1 saturated carbocycles. The fourth-order valence-electron chi connectivity index (χ4n) is 1.72. The highest BCUT2D eigenvalue weighted by Gasteiger charge is 2.23. The van der Waals surface area contributed by atoms with Gasteiger partial charge in [0.1, 0.15) is 11.6 Å². The van der Waals surface area contributed by atoms with Crippen molar-refractivity contribution in [3.05, 3.63) is 35.4 Å². The minimum Gasteiger partial charge on any atom is -0.388 e. The molecule has 0 saturated heterocycles. The monoisotopic (exact) mass is 255 g/mol. The Balaban J connectivity index is 1.87. The van der Waals surface area contributed by atoms with Crippen molar-refractivity contribution in [2.45, 2.75) is 37.8 Å². The number of amides is 1. The SMILES string of the molecule is O=C(CCC(O)c1cc(F)ccc1F)NC1CC1. The number of hydrogen-bond donors (Lipinski definition) is 2. The van der Waals surface area contributed by atoms with Gasteiger partial charge in [0, 0.05) is 18.0 Å². The third kappa shape index (κ3) is 3.50. The first-order valence-corrected chi connectivity index (χ1v) is 5.98. The lowest BCUT2D eigenvalue weighted by Crippen LogP contribution is -2.25. The van der Waals surface area contributed by atoms with E-state index in [1.54, 1.807) is 0 Å². The predicted molar refractivity (Wildman–Crippen MR) is 61.7 cm³/mol. The van der Waals surface area contributed by atoms with E-state index >= 15 is 0 Å². The van der Waals surface area contributed by atoms with Gasteiger partial charge >= 0.3 is 0 Å². The van der Waals surface area contributed by atoms with Gasteiger partial charge in [-0.15, -0.1) is 0 Å². The zero-order chi connectivity index (χ0) is 13.1. The second kappa shape index (κ2) is 5.44. The van der Waals surface area contributed by atoms with Crippen molar-refractivity contribution in [2.24, 2.45) is 0 Å². The van der Waals surface area contributed by atoms with Crippen LogP contribution in [-0.2, 0) is 4.79 Å². The van der Waals surface area contributed by atoms with E-state index < -0.39 is 17.7 Å². The Morgan fingerprint density at radius 1 is 1.44 bits per heavy atom. The molecule has 3 nitrogen and oxygen atoms in total. The Morgan fingerprint density at radius 3 is 2.83 bits per heavy atom. The lowest BCUT2D eigenvalue weighted by Gasteiger charge is -2.12. The van der Waals surface area contributed by atoms with Crippen molar-refractivity contribution in [2.75, 3.05) is 0 Å². The smallest absolute Gasteiger partial charge is 0.220 e. The highest BCUT2D eigenvalue weighted by molar-refractivity contribution is 5.76. The topological polar surface area (TPSA) is 49.3 Å². The minimum atomic E-state index is -1.16. The van der Waals surface area contributed by atoms with E-state index in [0.717, 1.165) is 31.0 Å². The van der Waals surface area contributed by atoms with E-state index in [1.165, 1.54) is 0 Å². The summed E-state index contributed by atoms with van der Waals surface area (Å²) in [5.41, 5.74) is -0.103. The van der Waals surface area contributed by atoms with Crippen LogP contribution in [0.25, 0.3) is 0 Å². The van der Waals surface area contributed by atoms with Crippen molar-refractivity contribution in [1.29, 1.82) is 0 Å². The largest absolute Gasteiger partial charge is 0.388 e. The molecule has 2 N–H and O–H groups in total. The number of carbonyl (C=O) groups is 1. The van der Waals surface area contributed by atoms with Crippen LogP contribution in [0, 0.1) is 11.6 Å². The van der Waals surface area contributed by atoms with Crippen LogP contribution in [-0.4, -0.2) is 17.1 Å². The molecule has 98 valence electrons. The van der Waals surface area contributed by atoms with Gasteiger partial charge in [0.25, 0.3) is 0 Å². The maximum absolute atomic E-state index is 13.3. The number of nitrogens with one attached hydrogen (secondary N) is 1. The first-order chi connectivity index (χ1) is 8.56. The summed E-state index contributed by atoms with van der Waals surface area (Å²) in [6.07, 6.45) is 1.01. The molecule has 0 aromatic heterocycles. The van der Waals surface area contributed by atoms with Crippen molar-refractivity contribution in [3.63, 3.8) is 0 Å². The summed E-state index contributed by atoms with van der Waals surface area (Å²) in [5.74, 6) is -1.42. The molecule has 1 aliphatic rings. The van der Waals surface area contributed by atoms with Gasteiger partial charge in [-0.3, -0.25) is 4.79 Å². The van der Waals surface area contributed by atoms with Crippen LogP contribution in [0.5, 0.6) is 0 Å². The van der Waals surface area contributed by atoms with Gasteiger partial charge in [-0.25, -0.2) is 8.78 Å². The van der Waals surface area contributed by atoms with Gasteiger partial charge < -0.3 is 10.4 Å². The van der Waals surface area contributed by atoms with Gasteiger partial charge in [-0.05, 0) is 37.5 Å². The van der Waals surface area contributed by atoms with Crippen molar-refractivity contribution >= 4 is 5.91 Å². The van der Waals surface area contributed by atoms with E-state index in [4.69, 9.17) is 0 Å². The molecule has 1 fully saturated rings. The number of aliphatic hydroxyl groups is 1. The number of halogens is 2. The molecule has 18 heavy (non-hydrogen) atoms. The minimum absolute atomic E-state index is 0.0823. The van der Waals surface area contributed by atoms with Gasteiger partial charge in [0.15, 0.2) is 0 Å². The lowest BCUT2D eigenvalue weighted by atomic mass is 10.0. The number of hydrogen-bond acceptors (Lipinski definition) is 2. The first-order valence-electron chi connectivity index (χ1n) is 5.98. The first kappa shape index (κ1) is 13.0. The van der Waals surface area contributed by atoms with Gasteiger partial charge in [-0.1, -0.05) is 0 Å². The molecule has 1 atom stereocenters. The molecule has 0 aliphatic heterocycles. The standard InChI is InChI=1S/C13H15F2NO2/c14-8-1-4-11(15)10(7-8)12(17)5-6-13(18)16-9-2-3-9/h1,4,7,9,12,17H,2-3,5-6H2,(H,16,18). The van der Waals surface area contributed by atoms with E-state index in [1.807, 2.05) is 0 Å². The summed E-state index contributed by atoms with van der Waals surface area (Å²) in [6.45, 7) is 0. The number of rotatable bonds is 5. The summed E-state index contributed by atoms with van der Waals surface area (Å²) in [6, 6.07) is 3.18. The molecule has 1 aromatic rings. The van der Waals surface area contributed by atoms with Gasteiger partial charge in [-0.2, -0.15) is 0 Å². The van der Waals surface area contributed by atoms with Crippen LogP contribution in [0.2, 0.25) is 0 Å². The van der Waals surface area contributed by atoms with Crippen LogP contribution in [0.4, 0.5) is 8.78 Å². The zero-order valence-electron chi connectivity index (χ0n) is 9.83. The van der Waals surface area contributed by atoms with Crippen molar-refractivity contribution in [1.82, 2.24) is 5.32 Å². The van der Waals surface area contributed by atoms with Gasteiger partial charge in [0.05, 0.1) is 6.10 Å². The second-order valence-corrected chi connectivity index (χ2v) is 4.56. The van der Waals surface area contributed by atoms with E-state index in [9.17, 15) is 18.7 Å². The molecule has 0 heterocycles. The lowest BCUT2D eigenvalue weighted by molar-refractivity contribution is -0.121. The maximum Gasteiger partial charge on any atom is 0.220 e. The van der Waals surface area contributed by atoms with Crippen LogP contribution in [0.15, 0.2) is 18.2 Å². The molecular formula is C13H15F2NO2. The molecule has 1 aromatic carbocycles. The summed E-state index contributed by atoms with van der Waals surface area (Å²) in [4.78, 5) is 11.4. The maximum atomic E-state index is 13.3. The highest BCUT2D eigenvalue weighted by atomic mass is 19.1. The Hall–Kier alpha value is -1.49. The Labute approximate surface area is 104 Å². The fraction of sp³-hybridized carbons (Fsp3) is 0.462. The normalized spacial score (nSPS) is 16.4. The third-order valence-corrected chi connectivity index (χ3v) is 2.90. The average Bonchev–Trinajstić information content (AvgIpc) is 3.13. The number of aliphatic hydroxyl groups excluding tert-OH is 1. The Bertz CT molecular complexity index is 447. The third-order valence-electron chi connectivity index (χ3n) is 2.90. The van der Waals surface area contributed by atoms with Crippen LogP contribution < -0.4 is 5.32 Å². The Kier molecular flexibility index (Phi) is 3.91.